The summed E-state index contributed by atoms with van der Waals surface area (Å²) in [6, 6.07) is 3.30. The number of rotatable bonds is 4. The first-order valence-corrected chi connectivity index (χ1v) is 4.83. The Labute approximate surface area is 93.0 Å². The molecule has 0 aromatic heterocycles. The number of benzene rings is 1. The molecular weight excluding hydrogens is 213 g/mol. The van der Waals surface area contributed by atoms with Gasteiger partial charge in [0.15, 0.2) is 0 Å². The number of aliphatic hydroxyl groups excluding tert-OH is 1. The van der Waals surface area contributed by atoms with Crippen molar-refractivity contribution >= 4 is 5.91 Å². The topological polar surface area (TPSA) is 58.6 Å². The van der Waals surface area contributed by atoms with E-state index < -0.39 is 11.7 Å². The van der Waals surface area contributed by atoms with Crippen LogP contribution in [0.3, 0.4) is 0 Å². The minimum atomic E-state index is -0.511. The molecule has 0 saturated carbocycles. The van der Waals surface area contributed by atoms with E-state index >= 15 is 0 Å². The highest BCUT2D eigenvalue weighted by atomic mass is 19.1. The highest BCUT2D eigenvalue weighted by Gasteiger charge is 2.14. The predicted molar refractivity (Wildman–Crippen MR) is 57.0 cm³/mol. The van der Waals surface area contributed by atoms with E-state index in [1.807, 2.05) is 0 Å². The number of methoxy groups -OCH3 is 1. The van der Waals surface area contributed by atoms with E-state index in [2.05, 4.69) is 5.32 Å². The summed E-state index contributed by atoms with van der Waals surface area (Å²) >= 11 is 0. The molecule has 1 aromatic rings. The molecule has 4 nitrogen and oxygen atoms in total. The van der Waals surface area contributed by atoms with Gasteiger partial charge in [0.25, 0.3) is 5.91 Å². The van der Waals surface area contributed by atoms with Gasteiger partial charge in [0.2, 0.25) is 0 Å². The molecule has 1 amide bonds. The summed E-state index contributed by atoms with van der Waals surface area (Å²) in [5.74, 6) is -0.690. The molecule has 0 aliphatic carbocycles. The average Bonchev–Trinajstić information content (AvgIpc) is 2.28. The van der Waals surface area contributed by atoms with Crippen LogP contribution in [-0.4, -0.2) is 30.8 Å². The smallest absolute Gasteiger partial charge is 0.255 e. The number of carbonyl (C=O) groups excluding carboxylic acids is 1. The minimum absolute atomic E-state index is 0.114. The molecule has 16 heavy (non-hydrogen) atoms. The van der Waals surface area contributed by atoms with Crippen molar-refractivity contribution in [1.29, 1.82) is 0 Å². The van der Waals surface area contributed by atoms with E-state index in [-0.39, 0.29) is 18.2 Å². The average molecular weight is 227 g/mol. The highest BCUT2D eigenvalue weighted by molar-refractivity contribution is 5.97. The number of nitrogens with one attached hydrogen (secondary N) is 1. The fraction of sp³-hybridized carbons (Fsp3) is 0.364. The number of ether oxygens (including phenoxy) is 1. The van der Waals surface area contributed by atoms with Crippen LogP contribution in [0.4, 0.5) is 4.39 Å². The molecule has 5 heteroatoms. The van der Waals surface area contributed by atoms with Crippen LogP contribution in [0.5, 0.6) is 5.75 Å². The van der Waals surface area contributed by atoms with Crippen molar-refractivity contribution in [2.45, 2.75) is 13.0 Å². The maximum Gasteiger partial charge on any atom is 0.255 e. The van der Waals surface area contributed by atoms with Gasteiger partial charge in [-0.05, 0) is 25.1 Å². The zero-order valence-electron chi connectivity index (χ0n) is 9.16. The van der Waals surface area contributed by atoms with E-state index in [0.29, 0.717) is 5.75 Å². The molecule has 1 atom stereocenters. The molecule has 0 aliphatic heterocycles. The van der Waals surface area contributed by atoms with Crippen LogP contribution < -0.4 is 10.1 Å². The van der Waals surface area contributed by atoms with Crippen molar-refractivity contribution in [2.75, 3.05) is 13.7 Å². The van der Waals surface area contributed by atoms with E-state index in [1.54, 1.807) is 6.92 Å². The normalized spacial score (nSPS) is 12.0. The molecular formula is C11H14FNO3. The Morgan fingerprint density at radius 3 is 2.88 bits per heavy atom. The second kappa shape index (κ2) is 5.46. The van der Waals surface area contributed by atoms with Gasteiger partial charge in [-0.1, -0.05) is 0 Å². The maximum absolute atomic E-state index is 13.0. The first-order chi connectivity index (χ1) is 7.58. The lowest BCUT2D eigenvalue weighted by atomic mass is 10.1. The summed E-state index contributed by atoms with van der Waals surface area (Å²) in [6.45, 7) is 1.47. The molecule has 88 valence electrons. The molecule has 2 N–H and O–H groups in total. The van der Waals surface area contributed by atoms with E-state index in [1.165, 1.54) is 19.2 Å². The highest BCUT2D eigenvalue weighted by Crippen LogP contribution is 2.19. The Morgan fingerprint density at radius 1 is 1.62 bits per heavy atom. The minimum Gasteiger partial charge on any atom is -0.496 e. The SMILES string of the molecule is COc1ccc(F)cc1C(=O)NC(C)CO. The number of aliphatic hydroxyl groups is 1. The van der Waals surface area contributed by atoms with Gasteiger partial charge in [-0.15, -0.1) is 0 Å². The first-order valence-electron chi connectivity index (χ1n) is 4.83. The van der Waals surface area contributed by atoms with Crippen LogP contribution in [0, 0.1) is 5.82 Å². The lowest BCUT2D eigenvalue weighted by molar-refractivity contribution is 0.0918. The third-order valence-electron chi connectivity index (χ3n) is 2.06. The Hall–Kier alpha value is -1.62. The summed E-state index contributed by atoms with van der Waals surface area (Å²) in [5.41, 5.74) is 0.114. The summed E-state index contributed by atoms with van der Waals surface area (Å²) in [4.78, 5) is 11.7. The molecule has 0 spiro atoms. The molecule has 0 radical (unpaired) electrons. The Balaban J connectivity index is 2.93. The van der Waals surface area contributed by atoms with E-state index in [9.17, 15) is 9.18 Å². The van der Waals surface area contributed by atoms with Crippen molar-refractivity contribution in [1.82, 2.24) is 5.32 Å². The van der Waals surface area contributed by atoms with Gasteiger partial charge in [-0.2, -0.15) is 0 Å². The van der Waals surface area contributed by atoms with Crippen molar-refractivity contribution in [2.24, 2.45) is 0 Å². The number of hydrogen-bond donors (Lipinski definition) is 2. The van der Waals surface area contributed by atoms with Crippen LogP contribution in [0.25, 0.3) is 0 Å². The van der Waals surface area contributed by atoms with Gasteiger partial charge in [-0.25, -0.2) is 4.39 Å². The maximum atomic E-state index is 13.0. The molecule has 1 aromatic carbocycles. The molecule has 0 aliphatic rings. The van der Waals surface area contributed by atoms with Crippen LogP contribution >= 0.6 is 0 Å². The van der Waals surface area contributed by atoms with E-state index in [4.69, 9.17) is 9.84 Å². The van der Waals surface area contributed by atoms with Crippen molar-refractivity contribution in [3.05, 3.63) is 29.6 Å². The first kappa shape index (κ1) is 12.4. The standard InChI is InChI=1S/C11H14FNO3/c1-7(6-14)13-11(15)9-5-8(12)3-4-10(9)16-2/h3-5,7,14H,6H2,1-2H3,(H,13,15). The summed E-state index contributed by atoms with van der Waals surface area (Å²) < 4.78 is 17.9. The number of halogens is 1. The third-order valence-corrected chi connectivity index (χ3v) is 2.06. The number of amides is 1. The van der Waals surface area contributed by atoms with Gasteiger partial charge in [-0.3, -0.25) is 4.79 Å². The molecule has 1 unspecified atom stereocenters. The zero-order valence-corrected chi connectivity index (χ0v) is 9.16. The van der Waals surface area contributed by atoms with Gasteiger partial charge < -0.3 is 15.2 Å². The lowest BCUT2D eigenvalue weighted by Crippen LogP contribution is -2.35. The zero-order chi connectivity index (χ0) is 12.1. The third kappa shape index (κ3) is 2.93. The quantitative estimate of drug-likeness (QED) is 0.805. The summed E-state index contributed by atoms with van der Waals surface area (Å²) in [5, 5.41) is 11.3. The number of hydrogen-bond acceptors (Lipinski definition) is 3. The monoisotopic (exact) mass is 227 g/mol. The summed E-state index contributed by atoms with van der Waals surface area (Å²) in [7, 11) is 1.40. The van der Waals surface area contributed by atoms with Gasteiger partial charge >= 0.3 is 0 Å². The van der Waals surface area contributed by atoms with Gasteiger partial charge in [0.05, 0.1) is 19.3 Å². The van der Waals surface area contributed by atoms with Crippen molar-refractivity contribution in [3.8, 4) is 5.75 Å². The molecule has 0 heterocycles. The van der Waals surface area contributed by atoms with Crippen molar-refractivity contribution < 1.29 is 19.0 Å². The Kier molecular flexibility index (Phi) is 4.25. The number of carbonyl (C=O) groups is 1. The fourth-order valence-corrected chi connectivity index (χ4v) is 1.20. The van der Waals surface area contributed by atoms with Crippen LogP contribution in [0.2, 0.25) is 0 Å². The van der Waals surface area contributed by atoms with Crippen LogP contribution in [-0.2, 0) is 0 Å². The summed E-state index contributed by atoms with van der Waals surface area (Å²) in [6.07, 6.45) is 0. The van der Waals surface area contributed by atoms with Crippen LogP contribution in [0.1, 0.15) is 17.3 Å². The van der Waals surface area contributed by atoms with Gasteiger partial charge in [0.1, 0.15) is 11.6 Å². The lowest BCUT2D eigenvalue weighted by Gasteiger charge is -2.12. The molecule has 1 rings (SSSR count). The van der Waals surface area contributed by atoms with E-state index in [0.717, 1.165) is 6.07 Å². The van der Waals surface area contributed by atoms with Gasteiger partial charge in [0, 0.05) is 6.04 Å². The second-order valence-electron chi connectivity index (χ2n) is 3.40. The predicted octanol–water partition coefficient (Wildman–Crippen LogP) is 0.945. The largest absolute Gasteiger partial charge is 0.496 e. The Bertz CT molecular complexity index is 381. The Morgan fingerprint density at radius 2 is 2.31 bits per heavy atom. The molecule has 0 fully saturated rings. The van der Waals surface area contributed by atoms with Crippen molar-refractivity contribution in [3.63, 3.8) is 0 Å². The second-order valence-corrected chi connectivity index (χ2v) is 3.40. The van der Waals surface area contributed by atoms with Crippen LogP contribution in [0.15, 0.2) is 18.2 Å². The molecule has 0 bridgehead atoms. The molecule has 0 saturated heterocycles. The fourth-order valence-electron chi connectivity index (χ4n) is 1.20.